The summed E-state index contributed by atoms with van der Waals surface area (Å²) in [6, 6.07) is 4.93. The van der Waals surface area contributed by atoms with Crippen molar-refractivity contribution in [1.82, 2.24) is 15.2 Å². The minimum Gasteiger partial charge on any atom is -0.314 e. The van der Waals surface area contributed by atoms with Crippen LogP contribution in [0.25, 0.3) is 0 Å². The monoisotopic (exact) mass is 303 g/mol. The molecule has 1 aliphatic carbocycles. The van der Waals surface area contributed by atoms with E-state index in [2.05, 4.69) is 33.5 Å². The van der Waals surface area contributed by atoms with Gasteiger partial charge in [0.2, 0.25) is 0 Å². The lowest BCUT2D eigenvalue weighted by atomic mass is 9.76. The molecule has 3 nitrogen and oxygen atoms in total. The highest BCUT2D eigenvalue weighted by atomic mass is 35.5. The molecule has 0 spiro atoms. The summed E-state index contributed by atoms with van der Waals surface area (Å²) in [7, 11) is 0. The molecule has 0 bridgehead atoms. The lowest BCUT2D eigenvalue weighted by molar-refractivity contribution is 0.0835. The summed E-state index contributed by atoms with van der Waals surface area (Å²) < 4.78 is 0. The fourth-order valence-corrected chi connectivity index (χ4v) is 3.05. The SMILES string of the molecule is Cl.Cl.c1cncc([C@@H](C2CCC2)N2CCNCC2)c1. The predicted octanol–water partition coefficient (Wildman–Crippen LogP) is 2.67. The average molecular weight is 304 g/mol. The van der Waals surface area contributed by atoms with Crippen LogP contribution in [0.15, 0.2) is 24.5 Å². The number of nitrogens with zero attached hydrogens (tertiary/aromatic N) is 2. The second-order valence-electron chi connectivity index (χ2n) is 5.21. The van der Waals surface area contributed by atoms with Gasteiger partial charge in [-0.05, 0) is 30.4 Å². The Bertz CT molecular complexity index is 351. The highest BCUT2D eigenvalue weighted by molar-refractivity contribution is 5.85. The van der Waals surface area contributed by atoms with Crippen LogP contribution in [-0.2, 0) is 0 Å². The molecule has 19 heavy (non-hydrogen) atoms. The first-order valence-corrected chi connectivity index (χ1v) is 6.80. The lowest BCUT2D eigenvalue weighted by Gasteiger charge is -2.43. The van der Waals surface area contributed by atoms with E-state index < -0.39 is 0 Å². The second kappa shape index (κ2) is 8.05. The Balaban J connectivity index is 0.000000902. The quantitative estimate of drug-likeness (QED) is 0.930. The van der Waals surface area contributed by atoms with E-state index in [1.807, 2.05) is 6.20 Å². The number of hydrogen-bond acceptors (Lipinski definition) is 3. The van der Waals surface area contributed by atoms with Gasteiger partial charge >= 0.3 is 0 Å². The molecule has 0 radical (unpaired) electrons. The zero-order valence-corrected chi connectivity index (χ0v) is 12.8. The number of halogens is 2. The maximum absolute atomic E-state index is 4.30. The van der Waals surface area contributed by atoms with Crippen molar-refractivity contribution in [3.63, 3.8) is 0 Å². The fraction of sp³-hybridized carbons (Fsp3) is 0.643. The Morgan fingerprint density at radius 2 is 1.95 bits per heavy atom. The summed E-state index contributed by atoms with van der Waals surface area (Å²) in [6.45, 7) is 4.61. The zero-order valence-electron chi connectivity index (χ0n) is 11.1. The Morgan fingerprint density at radius 1 is 1.21 bits per heavy atom. The molecule has 108 valence electrons. The third kappa shape index (κ3) is 3.82. The van der Waals surface area contributed by atoms with Crippen LogP contribution in [0.4, 0.5) is 0 Å². The Hall–Kier alpha value is -0.350. The molecule has 0 amide bonds. The number of rotatable bonds is 3. The minimum atomic E-state index is 0. The van der Waals surface area contributed by atoms with Crippen LogP contribution in [0, 0.1) is 5.92 Å². The van der Waals surface area contributed by atoms with E-state index in [-0.39, 0.29) is 24.8 Å². The molecule has 5 heteroatoms. The summed E-state index contributed by atoms with van der Waals surface area (Å²) in [5.74, 6) is 0.859. The van der Waals surface area contributed by atoms with Gasteiger partial charge in [0.05, 0.1) is 0 Å². The van der Waals surface area contributed by atoms with Crippen molar-refractivity contribution >= 4 is 24.8 Å². The maximum Gasteiger partial charge on any atom is 0.0392 e. The molecule has 1 atom stereocenters. The van der Waals surface area contributed by atoms with E-state index >= 15 is 0 Å². The van der Waals surface area contributed by atoms with Crippen molar-refractivity contribution in [2.24, 2.45) is 5.92 Å². The fourth-order valence-electron chi connectivity index (χ4n) is 3.05. The van der Waals surface area contributed by atoms with Gasteiger partial charge in [-0.25, -0.2) is 0 Å². The van der Waals surface area contributed by atoms with Crippen molar-refractivity contribution < 1.29 is 0 Å². The molecule has 1 saturated heterocycles. The first kappa shape index (κ1) is 16.7. The van der Waals surface area contributed by atoms with Crippen LogP contribution >= 0.6 is 24.8 Å². The van der Waals surface area contributed by atoms with Gasteiger partial charge in [-0.2, -0.15) is 0 Å². The standard InChI is InChI=1S/C14H21N3.2ClH/c1-3-12(4-1)14(13-5-2-6-16-11-13)17-9-7-15-8-10-17;;/h2,5-6,11-12,14-15H,1,3-4,7-10H2;2*1H/t14-;;/m1../s1. The van der Waals surface area contributed by atoms with Crippen LogP contribution in [0.2, 0.25) is 0 Å². The van der Waals surface area contributed by atoms with Crippen molar-refractivity contribution in [3.8, 4) is 0 Å². The molecule has 1 saturated carbocycles. The van der Waals surface area contributed by atoms with E-state index in [0.29, 0.717) is 6.04 Å². The van der Waals surface area contributed by atoms with E-state index in [1.54, 1.807) is 0 Å². The molecular weight excluding hydrogens is 281 g/mol. The molecule has 1 N–H and O–H groups in total. The average Bonchev–Trinajstić information content (AvgIpc) is 2.36. The molecule has 0 unspecified atom stereocenters. The zero-order chi connectivity index (χ0) is 11.5. The second-order valence-corrected chi connectivity index (χ2v) is 5.21. The number of nitrogens with one attached hydrogen (secondary N) is 1. The third-order valence-corrected chi connectivity index (χ3v) is 4.17. The maximum atomic E-state index is 4.30. The lowest BCUT2D eigenvalue weighted by Crippen LogP contribution is -2.47. The van der Waals surface area contributed by atoms with Gasteiger partial charge in [-0.15, -0.1) is 24.8 Å². The van der Waals surface area contributed by atoms with Gasteiger partial charge in [-0.3, -0.25) is 9.88 Å². The van der Waals surface area contributed by atoms with Gasteiger partial charge in [0, 0.05) is 44.6 Å². The Kier molecular flexibility index (Phi) is 7.08. The minimum absolute atomic E-state index is 0. The number of hydrogen-bond donors (Lipinski definition) is 1. The van der Waals surface area contributed by atoms with Gasteiger partial charge in [0.15, 0.2) is 0 Å². The van der Waals surface area contributed by atoms with Gasteiger partial charge in [-0.1, -0.05) is 12.5 Å². The summed E-state index contributed by atoms with van der Waals surface area (Å²) in [5.41, 5.74) is 1.42. The molecule has 2 fully saturated rings. The van der Waals surface area contributed by atoms with Gasteiger partial charge in [0.1, 0.15) is 0 Å². The van der Waals surface area contributed by atoms with E-state index in [9.17, 15) is 0 Å². The highest BCUT2D eigenvalue weighted by Crippen LogP contribution is 2.41. The van der Waals surface area contributed by atoms with Crippen LogP contribution in [0.1, 0.15) is 30.9 Å². The number of piperazine rings is 1. The number of pyridine rings is 1. The van der Waals surface area contributed by atoms with Crippen molar-refractivity contribution in [2.45, 2.75) is 25.3 Å². The van der Waals surface area contributed by atoms with Crippen molar-refractivity contribution in [3.05, 3.63) is 30.1 Å². The molecule has 0 aromatic carbocycles. The summed E-state index contributed by atoms with van der Waals surface area (Å²) >= 11 is 0. The summed E-state index contributed by atoms with van der Waals surface area (Å²) in [6.07, 6.45) is 8.13. The van der Waals surface area contributed by atoms with Crippen molar-refractivity contribution in [2.75, 3.05) is 26.2 Å². The first-order valence-electron chi connectivity index (χ1n) is 6.80. The Morgan fingerprint density at radius 3 is 2.47 bits per heavy atom. The normalized spacial score (nSPS) is 21.7. The first-order chi connectivity index (χ1) is 8.45. The molecular formula is C14H23Cl2N3. The molecule has 3 rings (SSSR count). The molecule has 1 aliphatic heterocycles. The van der Waals surface area contributed by atoms with E-state index in [0.717, 1.165) is 19.0 Å². The molecule has 2 heterocycles. The Labute approximate surface area is 128 Å². The molecule has 2 aliphatic rings. The van der Waals surface area contributed by atoms with E-state index in [4.69, 9.17) is 0 Å². The van der Waals surface area contributed by atoms with E-state index in [1.165, 1.54) is 37.9 Å². The van der Waals surface area contributed by atoms with Crippen LogP contribution < -0.4 is 5.32 Å². The van der Waals surface area contributed by atoms with Crippen LogP contribution in [-0.4, -0.2) is 36.1 Å². The third-order valence-electron chi connectivity index (χ3n) is 4.17. The van der Waals surface area contributed by atoms with Crippen LogP contribution in [0.5, 0.6) is 0 Å². The predicted molar refractivity (Wildman–Crippen MR) is 83.3 cm³/mol. The summed E-state index contributed by atoms with van der Waals surface area (Å²) in [4.78, 5) is 6.95. The van der Waals surface area contributed by atoms with Crippen LogP contribution in [0.3, 0.4) is 0 Å². The topological polar surface area (TPSA) is 28.2 Å². The highest BCUT2D eigenvalue weighted by Gasteiger charge is 2.33. The smallest absolute Gasteiger partial charge is 0.0392 e. The largest absolute Gasteiger partial charge is 0.314 e. The number of aromatic nitrogens is 1. The summed E-state index contributed by atoms with van der Waals surface area (Å²) in [5, 5.41) is 3.44. The van der Waals surface area contributed by atoms with Gasteiger partial charge < -0.3 is 5.32 Å². The molecule has 1 aromatic rings. The van der Waals surface area contributed by atoms with Gasteiger partial charge in [0.25, 0.3) is 0 Å². The molecule has 1 aromatic heterocycles. The van der Waals surface area contributed by atoms with Crippen molar-refractivity contribution in [1.29, 1.82) is 0 Å².